The van der Waals surface area contributed by atoms with E-state index in [-0.39, 0.29) is 16.8 Å². The number of halogens is 2. The van der Waals surface area contributed by atoms with Crippen molar-refractivity contribution in [2.24, 2.45) is 0 Å². The van der Waals surface area contributed by atoms with E-state index in [2.05, 4.69) is 10.1 Å². The molecular weight excluding hydrogens is 345 g/mol. The van der Waals surface area contributed by atoms with E-state index in [9.17, 15) is 19.2 Å². The van der Waals surface area contributed by atoms with Crippen LogP contribution in [-0.4, -0.2) is 29.0 Å². The molecule has 8 heteroatoms. The average molecular weight is 360 g/mol. The molecule has 0 aliphatic rings. The number of carbonyl (C=O) groups is 4. The van der Waals surface area contributed by atoms with Crippen LogP contribution in [0.15, 0.2) is 0 Å². The monoisotopic (exact) mass is 359 g/mol. The summed E-state index contributed by atoms with van der Waals surface area (Å²) in [6.45, 7) is 5.40. The molecule has 6 nitrogen and oxygen atoms in total. The van der Waals surface area contributed by atoms with Crippen molar-refractivity contribution in [1.82, 2.24) is 0 Å². The van der Waals surface area contributed by atoms with Crippen molar-refractivity contribution in [2.45, 2.75) is 27.7 Å². The van der Waals surface area contributed by atoms with Crippen molar-refractivity contribution in [1.29, 1.82) is 0 Å². The number of hydrogen-bond donors (Lipinski definition) is 1. The summed E-state index contributed by atoms with van der Waals surface area (Å²) in [5.74, 6) is -1.22. The molecule has 0 aliphatic carbocycles. The molecule has 1 rings (SSSR count). The van der Waals surface area contributed by atoms with Gasteiger partial charge in [-0.1, -0.05) is 0 Å². The molecule has 0 saturated carbocycles. The van der Waals surface area contributed by atoms with Gasteiger partial charge >= 0.3 is 5.97 Å². The van der Waals surface area contributed by atoms with Gasteiger partial charge in [-0.15, -0.1) is 0 Å². The minimum absolute atomic E-state index is 0.101. The van der Waals surface area contributed by atoms with Gasteiger partial charge in [-0.2, -0.15) is 0 Å². The van der Waals surface area contributed by atoms with Gasteiger partial charge < -0.3 is 10.1 Å². The number of anilines is 1. The first-order valence-corrected chi connectivity index (χ1v) is 7.30. The largest absolute Gasteiger partial charge is 0.456 e. The number of amides is 1. The number of ether oxygens (including phenoxy) is 1. The summed E-state index contributed by atoms with van der Waals surface area (Å²) in [5, 5.41) is 0.976. The van der Waals surface area contributed by atoms with E-state index < -0.39 is 29.0 Å². The first-order valence-electron chi connectivity index (χ1n) is 6.54. The maximum Gasteiger partial charge on any atom is 0.303 e. The zero-order chi connectivity index (χ0) is 17.9. The number of nitrogens with one attached hydrogen (secondary N) is 1. The summed E-state index contributed by atoms with van der Waals surface area (Å²) in [5.41, 5.74) is 1.59. The number of hydrogen-bond acceptors (Lipinski definition) is 5. The fraction of sp³-hybridized carbons (Fsp3) is 0.333. The van der Waals surface area contributed by atoms with Crippen LogP contribution in [0.4, 0.5) is 5.69 Å². The molecule has 0 bridgehead atoms. The Labute approximate surface area is 143 Å². The van der Waals surface area contributed by atoms with E-state index in [1.165, 1.54) is 6.92 Å². The quantitative estimate of drug-likeness (QED) is 0.644. The minimum Gasteiger partial charge on any atom is -0.456 e. The molecule has 1 aromatic carbocycles. The number of benzene rings is 1. The summed E-state index contributed by atoms with van der Waals surface area (Å²) in [6.07, 6.45) is 0. The summed E-state index contributed by atoms with van der Waals surface area (Å²) < 4.78 is 4.60. The lowest BCUT2D eigenvalue weighted by molar-refractivity contribution is -0.144. The van der Waals surface area contributed by atoms with Crippen molar-refractivity contribution in [3.05, 3.63) is 27.8 Å². The summed E-state index contributed by atoms with van der Waals surface area (Å²) in [6, 6.07) is 0. The summed E-state index contributed by atoms with van der Waals surface area (Å²) >= 11 is 11.2. The molecule has 1 aromatic rings. The number of esters is 1. The second-order valence-corrected chi connectivity index (χ2v) is 5.56. The Hall–Kier alpha value is -1.92. The van der Waals surface area contributed by atoms with Crippen molar-refractivity contribution in [3.8, 4) is 0 Å². The first-order chi connectivity index (χ1) is 10.6. The Morgan fingerprint density at radius 2 is 1.35 bits per heavy atom. The highest BCUT2D eigenvalue weighted by Crippen LogP contribution is 2.33. The molecule has 23 heavy (non-hydrogen) atoms. The van der Waals surface area contributed by atoms with Crippen LogP contribution >= 0.6 is 23.2 Å². The molecule has 124 valence electrons. The van der Waals surface area contributed by atoms with E-state index >= 15 is 0 Å². The lowest BCUT2D eigenvalue weighted by Gasteiger charge is -2.19. The Morgan fingerprint density at radius 1 is 0.913 bits per heavy atom. The van der Waals surface area contributed by atoms with Crippen LogP contribution in [0.1, 0.15) is 44.3 Å². The zero-order valence-electron chi connectivity index (χ0n) is 13.0. The molecule has 0 saturated heterocycles. The molecule has 1 N–H and O–H groups in total. The zero-order valence-corrected chi connectivity index (χ0v) is 14.5. The Kier molecular flexibility index (Phi) is 6.29. The highest BCUT2D eigenvalue weighted by molar-refractivity contribution is 6.69. The lowest BCUT2D eigenvalue weighted by atomic mass is 9.92. The molecule has 0 fully saturated rings. The van der Waals surface area contributed by atoms with Crippen LogP contribution in [0.2, 0.25) is 0 Å². The van der Waals surface area contributed by atoms with Gasteiger partial charge in [0.05, 0.1) is 0 Å². The van der Waals surface area contributed by atoms with Crippen molar-refractivity contribution >= 4 is 51.3 Å². The lowest BCUT2D eigenvalue weighted by Crippen LogP contribution is -2.22. The van der Waals surface area contributed by atoms with Crippen LogP contribution in [0.5, 0.6) is 0 Å². The fourth-order valence-corrected chi connectivity index (χ4v) is 2.91. The average Bonchev–Trinajstić information content (AvgIpc) is 2.40. The van der Waals surface area contributed by atoms with Crippen LogP contribution in [0.25, 0.3) is 0 Å². The van der Waals surface area contributed by atoms with E-state index in [1.807, 2.05) is 0 Å². The normalized spacial score (nSPS) is 10.2. The molecule has 0 atom stereocenters. The van der Waals surface area contributed by atoms with Crippen LogP contribution in [-0.2, 0) is 14.3 Å². The van der Waals surface area contributed by atoms with Crippen molar-refractivity contribution < 1.29 is 23.9 Å². The van der Waals surface area contributed by atoms with Crippen molar-refractivity contribution in [2.75, 3.05) is 11.9 Å². The minimum atomic E-state index is -0.769. The summed E-state index contributed by atoms with van der Waals surface area (Å²) in [7, 11) is 0. The summed E-state index contributed by atoms with van der Waals surface area (Å²) in [4.78, 5) is 45.9. The van der Waals surface area contributed by atoms with Gasteiger partial charge in [-0.25, -0.2) is 0 Å². The van der Waals surface area contributed by atoms with Gasteiger partial charge in [0.15, 0.2) is 6.61 Å². The molecule has 0 heterocycles. The van der Waals surface area contributed by atoms with Crippen molar-refractivity contribution in [3.63, 3.8) is 0 Å². The Morgan fingerprint density at radius 3 is 1.70 bits per heavy atom. The van der Waals surface area contributed by atoms with Gasteiger partial charge in [-0.05, 0) is 60.7 Å². The van der Waals surface area contributed by atoms with E-state index in [0.29, 0.717) is 16.7 Å². The second-order valence-electron chi connectivity index (χ2n) is 4.88. The first kappa shape index (κ1) is 19.1. The SMILES string of the molecule is CC(=O)OCC(=O)Nc1c(C)c(C(=O)Cl)c(C)c(C(=O)Cl)c1C. The number of carbonyl (C=O) groups excluding carboxylic acids is 4. The predicted octanol–water partition coefficient (Wildman–Crippen LogP) is 2.87. The molecule has 0 radical (unpaired) electrons. The maximum atomic E-state index is 11.8. The molecule has 1 amide bonds. The maximum absolute atomic E-state index is 11.8. The van der Waals surface area contributed by atoms with Gasteiger partial charge in [0.2, 0.25) is 0 Å². The molecule has 0 aromatic heterocycles. The third-order valence-corrected chi connectivity index (χ3v) is 3.69. The molecular formula is C15H15Cl2NO5. The predicted molar refractivity (Wildman–Crippen MR) is 86.3 cm³/mol. The number of rotatable bonds is 5. The highest BCUT2D eigenvalue weighted by atomic mass is 35.5. The van der Waals surface area contributed by atoms with Gasteiger partial charge in [-0.3, -0.25) is 19.2 Å². The standard InChI is InChI=1S/C15H15Cl2NO5/c1-6-11(14(16)21)7(2)13(8(3)12(6)15(17)22)18-10(20)5-23-9(4)19/h5H2,1-4H3,(H,18,20). The third-order valence-electron chi connectivity index (χ3n) is 3.31. The molecule has 0 spiro atoms. The van der Waals surface area contributed by atoms with Gasteiger partial charge in [0, 0.05) is 23.7 Å². The topological polar surface area (TPSA) is 89.5 Å². The smallest absolute Gasteiger partial charge is 0.303 e. The van der Waals surface area contributed by atoms with Crippen LogP contribution in [0.3, 0.4) is 0 Å². The van der Waals surface area contributed by atoms with Gasteiger partial charge in [0.25, 0.3) is 16.4 Å². The second kappa shape index (κ2) is 7.57. The Balaban J connectivity index is 3.42. The van der Waals surface area contributed by atoms with Gasteiger partial charge in [0.1, 0.15) is 0 Å². The van der Waals surface area contributed by atoms with Crippen LogP contribution < -0.4 is 5.32 Å². The highest BCUT2D eigenvalue weighted by Gasteiger charge is 2.24. The van der Waals surface area contributed by atoms with E-state index in [4.69, 9.17) is 23.2 Å². The third kappa shape index (κ3) is 4.30. The molecule has 0 aliphatic heterocycles. The van der Waals surface area contributed by atoms with E-state index in [0.717, 1.165) is 0 Å². The van der Waals surface area contributed by atoms with E-state index in [1.54, 1.807) is 20.8 Å². The fourth-order valence-electron chi connectivity index (χ4n) is 2.34. The van der Waals surface area contributed by atoms with Crippen LogP contribution in [0, 0.1) is 20.8 Å². The Bertz CT molecular complexity index is 671. The molecule has 0 unspecified atom stereocenters.